The smallest absolute Gasteiger partial charge is 0.225 e. The molecule has 0 N–H and O–H groups in total. The van der Waals surface area contributed by atoms with E-state index in [-0.39, 0.29) is 0 Å². The van der Waals surface area contributed by atoms with Gasteiger partial charge in [0.25, 0.3) is 0 Å². The monoisotopic (exact) mass is 95.0 g/mol. The summed E-state index contributed by atoms with van der Waals surface area (Å²) < 4.78 is 0. The van der Waals surface area contributed by atoms with E-state index >= 15 is 0 Å². The Morgan fingerprint density at radius 1 is 1.43 bits per heavy atom. The van der Waals surface area contributed by atoms with E-state index in [9.17, 15) is 4.79 Å². The minimum Gasteiger partial charge on any atom is -0.286 e. The van der Waals surface area contributed by atoms with Crippen molar-refractivity contribution in [2.45, 2.75) is 6.92 Å². The summed E-state index contributed by atoms with van der Waals surface area (Å²) in [5.74, 6) is 0. The largest absolute Gasteiger partial charge is 0.286 e. The van der Waals surface area contributed by atoms with E-state index in [4.69, 9.17) is 0 Å². The van der Waals surface area contributed by atoms with Gasteiger partial charge in [-0.1, -0.05) is 18.2 Å². The first-order chi connectivity index (χ1) is 3.41. The van der Waals surface area contributed by atoms with Gasteiger partial charge in [-0.15, -0.1) is 0 Å². The van der Waals surface area contributed by atoms with E-state index in [2.05, 4.69) is 0 Å². The van der Waals surface area contributed by atoms with Crippen molar-refractivity contribution in [3.05, 3.63) is 24.3 Å². The van der Waals surface area contributed by atoms with Crippen molar-refractivity contribution >= 4 is 6.29 Å². The highest BCUT2D eigenvalue weighted by molar-refractivity contribution is 5.66. The number of hydrogen-bond acceptors (Lipinski definition) is 1. The number of hydrogen-bond donors (Lipinski definition) is 0. The van der Waals surface area contributed by atoms with Gasteiger partial charge >= 0.3 is 0 Å². The molecule has 0 atom stereocenters. The maximum absolute atomic E-state index is 9.43. The first kappa shape index (κ1) is 6.15. The van der Waals surface area contributed by atoms with Gasteiger partial charge in [0.15, 0.2) is 0 Å². The molecule has 1 nitrogen and oxygen atoms in total. The van der Waals surface area contributed by atoms with E-state index in [1.165, 1.54) is 6.08 Å². The predicted octanol–water partition coefficient (Wildman–Crippen LogP) is 1.23. The Hall–Kier alpha value is -0.850. The lowest BCUT2D eigenvalue weighted by Gasteiger charge is -1.61. The van der Waals surface area contributed by atoms with Crippen molar-refractivity contribution in [2.24, 2.45) is 0 Å². The maximum atomic E-state index is 9.43. The van der Waals surface area contributed by atoms with Crippen LogP contribution in [0.15, 0.2) is 24.3 Å². The molecule has 0 fully saturated rings. The third kappa shape index (κ3) is 5.15. The molecule has 0 aliphatic heterocycles. The summed E-state index contributed by atoms with van der Waals surface area (Å²) in [6.07, 6.45) is 8.18. The standard InChI is InChI=1S/C6H7O/c1-2-3-4-5-6-7/h2-5H,1H3/b3-2+,5-4+. The van der Waals surface area contributed by atoms with Gasteiger partial charge in [0.1, 0.15) is 0 Å². The third-order valence-electron chi connectivity index (χ3n) is 0.468. The Bertz CT molecular complexity index is 90.4. The molecule has 1 radical (unpaired) electrons. The second-order valence-corrected chi connectivity index (χ2v) is 1.00. The minimum atomic E-state index is 1.32. The summed E-state index contributed by atoms with van der Waals surface area (Å²) in [5, 5.41) is 0. The second-order valence-electron chi connectivity index (χ2n) is 1.00. The van der Waals surface area contributed by atoms with Crippen LogP contribution in [0.3, 0.4) is 0 Å². The van der Waals surface area contributed by atoms with Crippen molar-refractivity contribution in [3.63, 3.8) is 0 Å². The molecule has 1 heteroatoms. The van der Waals surface area contributed by atoms with E-state index in [0.29, 0.717) is 0 Å². The van der Waals surface area contributed by atoms with Gasteiger partial charge in [-0.05, 0) is 13.0 Å². The molecule has 0 aliphatic rings. The zero-order chi connectivity index (χ0) is 5.54. The third-order valence-corrected chi connectivity index (χ3v) is 0.468. The highest BCUT2D eigenvalue weighted by Crippen LogP contribution is 1.70. The van der Waals surface area contributed by atoms with Gasteiger partial charge in [-0.2, -0.15) is 0 Å². The normalized spacial score (nSPS) is 11.0. The Morgan fingerprint density at radius 3 is 2.57 bits per heavy atom. The Morgan fingerprint density at radius 2 is 2.14 bits per heavy atom. The minimum absolute atomic E-state index is 1.32. The summed E-state index contributed by atoms with van der Waals surface area (Å²) in [6, 6.07) is 0. The molecule has 0 rings (SSSR count). The lowest BCUT2D eigenvalue weighted by Crippen LogP contribution is -1.53. The van der Waals surface area contributed by atoms with E-state index < -0.39 is 0 Å². The van der Waals surface area contributed by atoms with Crippen molar-refractivity contribution in [3.8, 4) is 0 Å². The summed E-state index contributed by atoms with van der Waals surface area (Å²) in [5.41, 5.74) is 0. The SMILES string of the molecule is C/C=C/C=C/[C]=O. The van der Waals surface area contributed by atoms with E-state index in [0.717, 1.165) is 0 Å². The average Bonchev–Trinajstić information content (AvgIpc) is 1.69. The Balaban J connectivity index is 3.27. The molecule has 0 bridgehead atoms. The molecule has 0 aromatic rings. The molecule has 0 heterocycles. The van der Waals surface area contributed by atoms with Gasteiger partial charge in [0, 0.05) is 0 Å². The van der Waals surface area contributed by atoms with Crippen molar-refractivity contribution in [1.82, 2.24) is 0 Å². The molecule has 0 unspecified atom stereocenters. The molecule has 0 spiro atoms. The average molecular weight is 95.1 g/mol. The van der Waals surface area contributed by atoms with E-state index in [1.807, 2.05) is 13.0 Å². The molecular formula is C6H7O. The Labute approximate surface area is 43.3 Å². The van der Waals surface area contributed by atoms with Gasteiger partial charge in [0.2, 0.25) is 6.29 Å². The quantitative estimate of drug-likeness (QED) is 0.372. The lowest BCUT2D eigenvalue weighted by molar-refractivity contribution is 0.564. The summed E-state index contributed by atoms with van der Waals surface area (Å²) >= 11 is 0. The highest BCUT2D eigenvalue weighted by atomic mass is 16.1. The van der Waals surface area contributed by atoms with Gasteiger partial charge < -0.3 is 0 Å². The first-order valence-corrected chi connectivity index (χ1v) is 2.07. The van der Waals surface area contributed by atoms with Crippen LogP contribution in [-0.4, -0.2) is 6.29 Å². The molecule has 0 aromatic heterocycles. The van der Waals surface area contributed by atoms with Crippen LogP contribution in [0.1, 0.15) is 6.92 Å². The lowest BCUT2D eigenvalue weighted by atomic mass is 10.5. The summed E-state index contributed by atoms with van der Waals surface area (Å²) in [6.45, 7) is 1.88. The van der Waals surface area contributed by atoms with E-state index in [1.54, 1.807) is 18.4 Å². The molecule has 37 valence electrons. The first-order valence-electron chi connectivity index (χ1n) is 2.07. The molecular weight excluding hydrogens is 88.1 g/mol. The van der Waals surface area contributed by atoms with Crippen LogP contribution in [0.4, 0.5) is 0 Å². The molecule has 0 aromatic carbocycles. The molecule has 0 amide bonds. The number of carbonyl (C=O) groups excluding carboxylic acids is 1. The molecule has 7 heavy (non-hydrogen) atoms. The number of rotatable bonds is 2. The zero-order valence-corrected chi connectivity index (χ0v) is 4.22. The topological polar surface area (TPSA) is 17.1 Å². The van der Waals surface area contributed by atoms with Crippen LogP contribution in [0, 0.1) is 0 Å². The van der Waals surface area contributed by atoms with Crippen LogP contribution in [0.2, 0.25) is 0 Å². The molecule has 0 saturated heterocycles. The van der Waals surface area contributed by atoms with Crippen LogP contribution in [0.25, 0.3) is 0 Å². The summed E-state index contributed by atoms with van der Waals surface area (Å²) in [4.78, 5) is 9.43. The van der Waals surface area contributed by atoms with Crippen molar-refractivity contribution < 1.29 is 4.79 Å². The molecule has 0 aliphatic carbocycles. The van der Waals surface area contributed by atoms with Crippen LogP contribution >= 0.6 is 0 Å². The molecule has 0 saturated carbocycles. The maximum Gasteiger partial charge on any atom is 0.225 e. The fourth-order valence-corrected chi connectivity index (χ4v) is 0.206. The van der Waals surface area contributed by atoms with Gasteiger partial charge in [-0.25, -0.2) is 0 Å². The van der Waals surface area contributed by atoms with Gasteiger partial charge in [0.05, 0.1) is 0 Å². The zero-order valence-electron chi connectivity index (χ0n) is 4.22. The Kier molecular flexibility index (Phi) is 4.52. The predicted molar refractivity (Wildman–Crippen MR) is 29.6 cm³/mol. The summed E-state index contributed by atoms with van der Waals surface area (Å²) in [7, 11) is 0. The fourth-order valence-electron chi connectivity index (χ4n) is 0.206. The van der Waals surface area contributed by atoms with Gasteiger partial charge in [-0.3, -0.25) is 4.79 Å². The van der Waals surface area contributed by atoms with Crippen LogP contribution < -0.4 is 0 Å². The second kappa shape index (κ2) is 5.15. The highest BCUT2D eigenvalue weighted by Gasteiger charge is 1.57. The van der Waals surface area contributed by atoms with Crippen molar-refractivity contribution in [1.29, 1.82) is 0 Å². The fraction of sp³-hybridized carbons (Fsp3) is 0.167. The van der Waals surface area contributed by atoms with Crippen LogP contribution in [0.5, 0.6) is 0 Å². The van der Waals surface area contributed by atoms with Crippen molar-refractivity contribution in [2.75, 3.05) is 0 Å². The number of allylic oxidation sites excluding steroid dienone is 4. The van der Waals surface area contributed by atoms with Crippen LogP contribution in [-0.2, 0) is 4.79 Å².